The molecule has 2 nitrogen and oxygen atoms in total. The number of hydrogen-bond donors (Lipinski definition) is 1. The maximum absolute atomic E-state index is 12.0. The van der Waals surface area contributed by atoms with Crippen molar-refractivity contribution in [1.82, 2.24) is 0 Å². The number of rotatable bonds is 4. The zero-order chi connectivity index (χ0) is 14.2. The van der Waals surface area contributed by atoms with Crippen LogP contribution in [-0.2, 0) is 0 Å². The Morgan fingerprint density at radius 2 is 1.65 bits per heavy atom. The van der Waals surface area contributed by atoms with Crippen LogP contribution in [0.1, 0.15) is 22.8 Å². The van der Waals surface area contributed by atoms with Gasteiger partial charge in [0.05, 0.1) is 0 Å². The molecule has 0 aromatic heterocycles. The fourth-order valence-corrected chi connectivity index (χ4v) is 1.75. The molecule has 0 radical (unpaired) electrons. The molecule has 0 unspecified atom stereocenters. The Morgan fingerprint density at radius 1 is 0.950 bits per heavy atom. The summed E-state index contributed by atoms with van der Waals surface area (Å²) in [6, 6.07) is 17.0. The third kappa shape index (κ3) is 3.95. The topological polar surface area (TPSA) is 29.1 Å². The van der Waals surface area contributed by atoms with Crippen LogP contribution in [0.2, 0.25) is 0 Å². The van der Waals surface area contributed by atoms with Crippen LogP contribution in [0.25, 0.3) is 6.08 Å². The SMILES string of the molecule is CC=CC=Cc1ccc(C(=O)Nc2ccccc2)cc1. The number of nitrogens with one attached hydrogen (secondary N) is 1. The molecule has 0 bridgehead atoms. The van der Waals surface area contributed by atoms with Gasteiger partial charge in [0.1, 0.15) is 0 Å². The van der Waals surface area contributed by atoms with E-state index in [4.69, 9.17) is 0 Å². The highest BCUT2D eigenvalue weighted by molar-refractivity contribution is 6.04. The largest absolute Gasteiger partial charge is 0.322 e. The van der Waals surface area contributed by atoms with Crippen LogP contribution in [0.15, 0.2) is 72.8 Å². The van der Waals surface area contributed by atoms with Gasteiger partial charge >= 0.3 is 0 Å². The number of carbonyl (C=O) groups excluding carboxylic acids is 1. The lowest BCUT2D eigenvalue weighted by Gasteiger charge is -2.05. The molecule has 20 heavy (non-hydrogen) atoms. The van der Waals surface area contributed by atoms with Gasteiger partial charge in [-0.2, -0.15) is 0 Å². The minimum Gasteiger partial charge on any atom is -0.322 e. The molecule has 0 saturated carbocycles. The third-order valence-corrected chi connectivity index (χ3v) is 2.80. The highest BCUT2D eigenvalue weighted by Crippen LogP contribution is 2.10. The van der Waals surface area contributed by atoms with E-state index in [-0.39, 0.29) is 5.91 Å². The number of para-hydroxylation sites is 1. The number of carbonyl (C=O) groups is 1. The summed E-state index contributed by atoms with van der Waals surface area (Å²) in [6.07, 6.45) is 7.91. The summed E-state index contributed by atoms with van der Waals surface area (Å²) in [5, 5.41) is 2.86. The zero-order valence-corrected chi connectivity index (χ0v) is 11.4. The van der Waals surface area contributed by atoms with Crippen LogP contribution in [0.4, 0.5) is 5.69 Å². The predicted octanol–water partition coefficient (Wildman–Crippen LogP) is 4.53. The minimum atomic E-state index is -0.0971. The summed E-state index contributed by atoms with van der Waals surface area (Å²) in [4.78, 5) is 12.0. The molecule has 2 aromatic carbocycles. The predicted molar refractivity (Wildman–Crippen MR) is 84.7 cm³/mol. The first-order valence-corrected chi connectivity index (χ1v) is 6.55. The summed E-state index contributed by atoms with van der Waals surface area (Å²) < 4.78 is 0. The molecule has 0 aliphatic rings. The zero-order valence-electron chi connectivity index (χ0n) is 11.4. The molecular formula is C18H17NO. The van der Waals surface area contributed by atoms with Gasteiger partial charge in [-0.15, -0.1) is 0 Å². The molecule has 0 fully saturated rings. The summed E-state index contributed by atoms with van der Waals surface area (Å²) in [7, 11) is 0. The quantitative estimate of drug-likeness (QED) is 0.807. The van der Waals surface area contributed by atoms with Crippen molar-refractivity contribution >= 4 is 17.7 Å². The monoisotopic (exact) mass is 263 g/mol. The van der Waals surface area contributed by atoms with Gasteiger partial charge in [0, 0.05) is 11.3 Å². The third-order valence-electron chi connectivity index (χ3n) is 2.80. The van der Waals surface area contributed by atoms with Gasteiger partial charge in [0.25, 0.3) is 5.91 Å². The molecule has 0 heterocycles. The second-order valence-electron chi connectivity index (χ2n) is 4.33. The minimum absolute atomic E-state index is 0.0971. The second kappa shape index (κ2) is 7.10. The Balaban J connectivity index is 2.04. The number of amides is 1. The Bertz CT molecular complexity index is 610. The van der Waals surface area contributed by atoms with Gasteiger partial charge in [0.15, 0.2) is 0 Å². The Labute approximate surface area is 119 Å². The molecule has 0 atom stereocenters. The van der Waals surface area contributed by atoms with E-state index in [2.05, 4.69) is 5.32 Å². The van der Waals surface area contributed by atoms with Crippen molar-refractivity contribution in [3.63, 3.8) is 0 Å². The molecular weight excluding hydrogens is 246 g/mol. The summed E-state index contributed by atoms with van der Waals surface area (Å²) >= 11 is 0. The van der Waals surface area contributed by atoms with Crippen molar-refractivity contribution in [2.75, 3.05) is 5.32 Å². The summed E-state index contributed by atoms with van der Waals surface area (Å²) in [6.45, 7) is 1.97. The fourth-order valence-electron chi connectivity index (χ4n) is 1.75. The van der Waals surface area contributed by atoms with Crippen LogP contribution >= 0.6 is 0 Å². The van der Waals surface area contributed by atoms with Crippen LogP contribution in [-0.4, -0.2) is 5.91 Å². The van der Waals surface area contributed by atoms with Gasteiger partial charge in [0.2, 0.25) is 0 Å². The number of benzene rings is 2. The average Bonchev–Trinajstić information content (AvgIpc) is 2.49. The van der Waals surface area contributed by atoms with Crippen LogP contribution in [0.5, 0.6) is 0 Å². The van der Waals surface area contributed by atoms with E-state index in [0.717, 1.165) is 11.3 Å². The van der Waals surface area contributed by atoms with Gasteiger partial charge in [-0.25, -0.2) is 0 Å². The fraction of sp³-hybridized carbons (Fsp3) is 0.0556. The average molecular weight is 263 g/mol. The smallest absolute Gasteiger partial charge is 0.255 e. The Hall–Kier alpha value is -2.61. The highest BCUT2D eigenvalue weighted by atomic mass is 16.1. The van der Waals surface area contributed by atoms with Gasteiger partial charge in [-0.3, -0.25) is 4.79 Å². The standard InChI is InChI=1S/C18H17NO/c1-2-3-5-8-15-11-13-16(14-12-15)18(20)19-17-9-6-4-7-10-17/h2-14H,1H3,(H,19,20). The first-order chi connectivity index (χ1) is 9.79. The lowest BCUT2D eigenvalue weighted by atomic mass is 10.1. The molecule has 1 amide bonds. The van der Waals surface area contributed by atoms with Crippen molar-refractivity contribution in [1.29, 1.82) is 0 Å². The van der Waals surface area contributed by atoms with Crippen molar-refractivity contribution in [3.05, 3.63) is 84.0 Å². The number of hydrogen-bond acceptors (Lipinski definition) is 1. The highest BCUT2D eigenvalue weighted by Gasteiger charge is 2.04. The molecule has 0 aliphatic heterocycles. The van der Waals surface area contributed by atoms with Crippen LogP contribution in [0.3, 0.4) is 0 Å². The number of allylic oxidation sites excluding steroid dienone is 3. The van der Waals surface area contributed by atoms with Crippen molar-refractivity contribution in [2.24, 2.45) is 0 Å². The maximum Gasteiger partial charge on any atom is 0.255 e. The van der Waals surface area contributed by atoms with Crippen molar-refractivity contribution < 1.29 is 4.79 Å². The summed E-state index contributed by atoms with van der Waals surface area (Å²) in [5.74, 6) is -0.0971. The normalized spacial score (nSPS) is 11.1. The molecule has 0 aliphatic carbocycles. The lowest BCUT2D eigenvalue weighted by Crippen LogP contribution is -2.11. The van der Waals surface area contributed by atoms with Crippen molar-refractivity contribution in [3.8, 4) is 0 Å². The van der Waals surface area contributed by atoms with E-state index < -0.39 is 0 Å². The van der Waals surface area contributed by atoms with E-state index in [1.165, 1.54) is 0 Å². The molecule has 1 N–H and O–H groups in total. The lowest BCUT2D eigenvalue weighted by molar-refractivity contribution is 0.102. The van der Waals surface area contributed by atoms with E-state index in [1.807, 2.05) is 85.8 Å². The molecule has 0 spiro atoms. The second-order valence-corrected chi connectivity index (χ2v) is 4.33. The van der Waals surface area contributed by atoms with Gasteiger partial charge in [-0.1, -0.05) is 54.6 Å². The van der Waals surface area contributed by atoms with E-state index in [0.29, 0.717) is 5.56 Å². The number of anilines is 1. The first kappa shape index (κ1) is 13.8. The molecule has 2 aromatic rings. The van der Waals surface area contributed by atoms with Crippen LogP contribution < -0.4 is 5.32 Å². The molecule has 2 heteroatoms. The van der Waals surface area contributed by atoms with Gasteiger partial charge < -0.3 is 5.32 Å². The first-order valence-electron chi connectivity index (χ1n) is 6.55. The van der Waals surface area contributed by atoms with E-state index in [9.17, 15) is 4.79 Å². The van der Waals surface area contributed by atoms with Crippen LogP contribution in [0, 0.1) is 0 Å². The maximum atomic E-state index is 12.0. The van der Waals surface area contributed by atoms with E-state index in [1.54, 1.807) is 0 Å². The van der Waals surface area contributed by atoms with Gasteiger partial charge in [-0.05, 0) is 36.8 Å². The molecule has 0 saturated heterocycles. The Kier molecular flexibility index (Phi) is 4.90. The Morgan fingerprint density at radius 3 is 2.30 bits per heavy atom. The van der Waals surface area contributed by atoms with Crippen molar-refractivity contribution in [2.45, 2.75) is 6.92 Å². The molecule has 100 valence electrons. The van der Waals surface area contributed by atoms with E-state index >= 15 is 0 Å². The molecule has 2 rings (SSSR count). The summed E-state index contributed by atoms with van der Waals surface area (Å²) in [5.41, 5.74) is 2.52.